The summed E-state index contributed by atoms with van der Waals surface area (Å²) in [6.45, 7) is 3.66. The molecule has 98 valence electrons. The maximum Gasteiger partial charge on any atom is 0.255 e. The van der Waals surface area contributed by atoms with E-state index in [1.165, 1.54) is 6.20 Å². The van der Waals surface area contributed by atoms with E-state index in [1.54, 1.807) is 24.3 Å². The summed E-state index contributed by atoms with van der Waals surface area (Å²) in [6, 6.07) is 6.25. The quantitative estimate of drug-likeness (QED) is 0.680. The van der Waals surface area contributed by atoms with Crippen LogP contribution >= 0.6 is 11.6 Å². The van der Waals surface area contributed by atoms with Gasteiger partial charge in [0, 0.05) is 17.4 Å². The van der Waals surface area contributed by atoms with Crippen molar-refractivity contribution in [3.8, 4) is 11.6 Å². The van der Waals surface area contributed by atoms with E-state index in [2.05, 4.69) is 11.6 Å². The molecular formula is C14H12ClFN2O. The second-order valence-electron chi connectivity index (χ2n) is 3.90. The molecule has 1 heterocycles. The van der Waals surface area contributed by atoms with Crippen LogP contribution in [0.1, 0.15) is 5.56 Å². The van der Waals surface area contributed by atoms with E-state index in [4.69, 9.17) is 22.1 Å². The maximum atomic E-state index is 13.6. The average molecular weight is 279 g/mol. The molecule has 5 heteroatoms. The molecule has 1 aromatic carbocycles. The van der Waals surface area contributed by atoms with Gasteiger partial charge in [-0.25, -0.2) is 9.37 Å². The third-order valence-corrected chi connectivity index (χ3v) is 2.64. The van der Waals surface area contributed by atoms with Gasteiger partial charge in [-0.3, -0.25) is 0 Å². The minimum absolute atomic E-state index is 0.125. The summed E-state index contributed by atoms with van der Waals surface area (Å²) in [5.74, 6) is -0.254. The van der Waals surface area contributed by atoms with Crippen LogP contribution in [-0.2, 0) is 6.42 Å². The average Bonchev–Trinajstić information content (AvgIpc) is 2.36. The smallest absolute Gasteiger partial charge is 0.255 e. The molecule has 1 aromatic heterocycles. The molecule has 19 heavy (non-hydrogen) atoms. The van der Waals surface area contributed by atoms with Crippen LogP contribution in [0.5, 0.6) is 11.6 Å². The topological polar surface area (TPSA) is 48.1 Å². The molecule has 0 saturated carbocycles. The van der Waals surface area contributed by atoms with Crippen molar-refractivity contribution in [2.75, 3.05) is 5.73 Å². The number of hydrogen-bond acceptors (Lipinski definition) is 3. The Morgan fingerprint density at radius 3 is 2.89 bits per heavy atom. The van der Waals surface area contributed by atoms with E-state index in [0.717, 1.165) is 11.6 Å². The Bertz CT molecular complexity index is 616. The van der Waals surface area contributed by atoms with E-state index in [0.29, 0.717) is 17.9 Å². The molecule has 0 aliphatic heterocycles. The molecule has 0 aliphatic carbocycles. The number of anilines is 1. The molecule has 0 bridgehead atoms. The molecule has 2 rings (SSSR count). The summed E-state index contributed by atoms with van der Waals surface area (Å²) in [7, 11) is 0. The van der Waals surface area contributed by atoms with Gasteiger partial charge in [-0.15, -0.1) is 6.58 Å². The van der Waals surface area contributed by atoms with Crippen LogP contribution in [0.25, 0.3) is 0 Å². The molecule has 3 nitrogen and oxygen atoms in total. The van der Waals surface area contributed by atoms with Crippen LogP contribution in [0, 0.1) is 5.82 Å². The van der Waals surface area contributed by atoms with Crippen molar-refractivity contribution >= 4 is 17.3 Å². The van der Waals surface area contributed by atoms with Crippen molar-refractivity contribution < 1.29 is 9.13 Å². The van der Waals surface area contributed by atoms with Crippen molar-refractivity contribution in [2.45, 2.75) is 6.42 Å². The van der Waals surface area contributed by atoms with Gasteiger partial charge >= 0.3 is 0 Å². The zero-order valence-electron chi connectivity index (χ0n) is 10.1. The molecule has 0 radical (unpaired) electrons. The Labute approximate surface area is 115 Å². The summed E-state index contributed by atoms with van der Waals surface area (Å²) < 4.78 is 19.1. The van der Waals surface area contributed by atoms with Gasteiger partial charge in [-0.2, -0.15) is 0 Å². The van der Waals surface area contributed by atoms with E-state index >= 15 is 0 Å². The SMILES string of the molecule is C=CCc1cc(N)ccc1Oc1ncc(Cl)cc1F. The number of pyridine rings is 1. The largest absolute Gasteiger partial charge is 0.436 e. The van der Waals surface area contributed by atoms with Crippen LogP contribution in [0.4, 0.5) is 10.1 Å². The molecule has 0 unspecified atom stereocenters. The zero-order chi connectivity index (χ0) is 13.8. The van der Waals surface area contributed by atoms with Gasteiger partial charge in [-0.1, -0.05) is 17.7 Å². The number of benzene rings is 1. The summed E-state index contributed by atoms with van der Waals surface area (Å²) in [5.41, 5.74) is 7.12. The van der Waals surface area contributed by atoms with Crippen molar-refractivity contribution in [2.24, 2.45) is 0 Å². The first-order valence-electron chi connectivity index (χ1n) is 5.58. The van der Waals surface area contributed by atoms with E-state index in [1.807, 2.05) is 0 Å². The Hall–Kier alpha value is -2.07. The van der Waals surface area contributed by atoms with Gasteiger partial charge in [0.15, 0.2) is 5.82 Å². The summed E-state index contributed by atoms with van der Waals surface area (Å²) in [4.78, 5) is 3.81. The monoisotopic (exact) mass is 278 g/mol. The Morgan fingerprint density at radius 1 is 1.42 bits per heavy atom. The lowest BCUT2D eigenvalue weighted by molar-refractivity contribution is 0.419. The molecule has 0 amide bonds. The van der Waals surface area contributed by atoms with Gasteiger partial charge in [0.2, 0.25) is 0 Å². The molecule has 0 saturated heterocycles. The normalized spacial score (nSPS) is 10.2. The van der Waals surface area contributed by atoms with Gasteiger partial charge < -0.3 is 10.5 Å². The first kappa shape index (κ1) is 13.4. The predicted molar refractivity (Wildman–Crippen MR) is 74.0 cm³/mol. The van der Waals surface area contributed by atoms with Gasteiger partial charge in [0.05, 0.1) is 5.02 Å². The second kappa shape index (κ2) is 5.71. The first-order valence-corrected chi connectivity index (χ1v) is 5.96. The number of nitrogens with zero attached hydrogens (tertiary/aromatic N) is 1. The number of allylic oxidation sites excluding steroid dienone is 1. The molecule has 0 aliphatic rings. The molecular weight excluding hydrogens is 267 g/mol. The van der Waals surface area contributed by atoms with Gasteiger partial charge in [0.25, 0.3) is 5.88 Å². The number of aromatic nitrogens is 1. The highest BCUT2D eigenvalue weighted by Gasteiger charge is 2.10. The first-order chi connectivity index (χ1) is 9.10. The minimum Gasteiger partial charge on any atom is -0.436 e. The third kappa shape index (κ3) is 3.23. The summed E-state index contributed by atoms with van der Waals surface area (Å²) >= 11 is 5.63. The van der Waals surface area contributed by atoms with Gasteiger partial charge in [0.1, 0.15) is 5.75 Å². The predicted octanol–water partition coefficient (Wildman–Crippen LogP) is 3.98. The molecule has 2 N–H and O–H groups in total. The third-order valence-electron chi connectivity index (χ3n) is 2.43. The number of nitrogen functional groups attached to an aromatic ring is 1. The zero-order valence-corrected chi connectivity index (χ0v) is 10.8. The Kier molecular flexibility index (Phi) is 4.02. The number of ether oxygens (including phenoxy) is 1. The highest BCUT2D eigenvalue weighted by molar-refractivity contribution is 6.30. The van der Waals surface area contributed by atoms with Crippen LogP contribution in [-0.4, -0.2) is 4.98 Å². The lowest BCUT2D eigenvalue weighted by Gasteiger charge is -2.10. The van der Waals surface area contributed by atoms with Crippen LogP contribution in [0.2, 0.25) is 5.02 Å². The lowest BCUT2D eigenvalue weighted by atomic mass is 10.1. The fourth-order valence-corrected chi connectivity index (χ4v) is 1.74. The number of rotatable bonds is 4. The second-order valence-corrected chi connectivity index (χ2v) is 4.34. The molecule has 0 spiro atoms. The summed E-state index contributed by atoms with van der Waals surface area (Å²) in [5, 5.41) is 0.216. The van der Waals surface area contributed by atoms with E-state index in [-0.39, 0.29) is 10.9 Å². The number of halogens is 2. The summed E-state index contributed by atoms with van der Waals surface area (Å²) in [6.07, 6.45) is 3.60. The minimum atomic E-state index is -0.617. The van der Waals surface area contributed by atoms with E-state index < -0.39 is 5.82 Å². The standard InChI is InChI=1S/C14H12ClFN2O/c1-2-3-9-6-11(17)4-5-13(9)19-14-12(16)7-10(15)8-18-14/h2,4-8H,1,3,17H2. The molecule has 2 aromatic rings. The molecule has 0 atom stereocenters. The fraction of sp³-hybridized carbons (Fsp3) is 0.0714. The molecule has 0 fully saturated rings. The maximum absolute atomic E-state index is 13.6. The van der Waals surface area contributed by atoms with Crippen molar-refractivity contribution in [3.05, 3.63) is 59.5 Å². The number of hydrogen-bond donors (Lipinski definition) is 1. The van der Waals surface area contributed by atoms with Gasteiger partial charge in [-0.05, 0) is 30.7 Å². The van der Waals surface area contributed by atoms with Crippen molar-refractivity contribution in [1.82, 2.24) is 4.98 Å². The van der Waals surface area contributed by atoms with Crippen molar-refractivity contribution in [3.63, 3.8) is 0 Å². The highest BCUT2D eigenvalue weighted by atomic mass is 35.5. The Morgan fingerprint density at radius 2 is 2.21 bits per heavy atom. The van der Waals surface area contributed by atoms with Crippen LogP contribution < -0.4 is 10.5 Å². The fourth-order valence-electron chi connectivity index (χ4n) is 1.60. The lowest BCUT2D eigenvalue weighted by Crippen LogP contribution is -1.97. The highest BCUT2D eigenvalue weighted by Crippen LogP contribution is 2.28. The number of nitrogens with two attached hydrogens (primary N) is 1. The van der Waals surface area contributed by atoms with Crippen molar-refractivity contribution in [1.29, 1.82) is 0 Å². The van der Waals surface area contributed by atoms with E-state index in [9.17, 15) is 4.39 Å². The Balaban J connectivity index is 2.34. The van der Waals surface area contributed by atoms with Crippen LogP contribution in [0.3, 0.4) is 0 Å². The van der Waals surface area contributed by atoms with Crippen LogP contribution in [0.15, 0.2) is 43.1 Å².